The number of hydrogen-bond acceptors (Lipinski definition) is 5. The summed E-state index contributed by atoms with van der Waals surface area (Å²) in [5.74, 6) is 2.30. The number of rotatable bonds is 5. The van der Waals surface area contributed by atoms with Gasteiger partial charge in [0.05, 0.1) is 22.3 Å². The largest absolute Gasteiger partial charge is 0.445 e. The van der Waals surface area contributed by atoms with Crippen LogP contribution in [0.3, 0.4) is 0 Å². The summed E-state index contributed by atoms with van der Waals surface area (Å²) < 4.78 is 7.34. The van der Waals surface area contributed by atoms with Crippen molar-refractivity contribution in [3.05, 3.63) is 50.9 Å². The van der Waals surface area contributed by atoms with E-state index in [0.29, 0.717) is 45.2 Å². The van der Waals surface area contributed by atoms with E-state index in [1.165, 1.54) is 11.8 Å². The van der Waals surface area contributed by atoms with Gasteiger partial charge in [0.15, 0.2) is 5.16 Å². The zero-order valence-corrected chi connectivity index (χ0v) is 16.2. The molecule has 132 valence electrons. The van der Waals surface area contributed by atoms with Gasteiger partial charge in [0.1, 0.15) is 5.76 Å². The van der Waals surface area contributed by atoms with E-state index in [4.69, 9.17) is 16.0 Å². The standard InChI is InChI=1S/C18H20ClN3O2S/c1-10(2)8-22-17(23)14-7-13(19)5-6-15(14)21-18(22)25-9-16-20-11(3)12(4)24-16/h5-7,10H,8-9H2,1-4H3. The highest BCUT2D eigenvalue weighted by Crippen LogP contribution is 2.24. The van der Waals surface area contributed by atoms with Crippen molar-refractivity contribution in [1.82, 2.24) is 14.5 Å². The monoisotopic (exact) mass is 377 g/mol. The van der Waals surface area contributed by atoms with E-state index in [1.54, 1.807) is 22.8 Å². The molecular weight excluding hydrogens is 358 g/mol. The Balaban J connectivity index is 2.02. The van der Waals surface area contributed by atoms with Crippen molar-refractivity contribution in [3.8, 4) is 0 Å². The van der Waals surface area contributed by atoms with Crippen molar-refractivity contribution in [2.75, 3.05) is 0 Å². The van der Waals surface area contributed by atoms with Gasteiger partial charge in [0.2, 0.25) is 5.89 Å². The Bertz CT molecular complexity index is 959. The second-order valence-corrected chi connectivity index (χ2v) is 7.78. The molecule has 0 bridgehead atoms. The van der Waals surface area contributed by atoms with Crippen LogP contribution < -0.4 is 5.56 Å². The summed E-state index contributed by atoms with van der Waals surface area (Å²) in [7, 11) is 0. The van der Waals surface area contributed by atoms with Crippen LogP contribution >= 0.6 is 23.4 Å². The normalized spacial score (nSPS) is 11.6. The zero-order chi connectivity index (χ0) is 18.1. The Hall–Kier alpha value is -1.79. The van der Waals surface area contributed by atoms with Gasteiger partial charge >= 0.3 is 0 Å². The predicted molar refractivity (Wildman–Crippen MR) is 101 cm³/mol. The van der Waals surface area contributed by atoms with Crippen LogP contribution in [0.15, 0.2) is 32.6 Å². The molecule has 1 aromatic carbocycles. The lowest BCUT2D eigenvalue weighted by Gasteiger charge is -2.14. The third-order valence-electron chi connectivity index (χ3n) is 3.83. The zero-order valence-electron chi connectivity index (χ0n) is 14.7. The van der Waals surface area contributed by atoms with E-state index in [9.17, 15) is 4.79 Å². The van der Waals surface area contributed by atoms with Gasteiger partial charge in [-0.1, -0.05) is 37.2 Å². The lowest BCUT2D eigenvalue weighted by atomic mass is 10.2. The molecule has 7 heteroatoms. The van der Waals surface area contributed by atoms with Gasteiger partial charge in [0.25, 0.3) is 5.56 Å². The molecule has 2 heterocycles. The highest BCUT2D eigenvalue weighted by Gasteiger charge is 2.15. The Kier molecular flexibility index (Phi) is 5.20. The first-order chi connectivity index (χ1) is 11.8. The quantitative estimate of drug-likeness (QED) is 0.480. The Labute approximate surface area is 155 Å². The van der Waals surface area contributed by atoms with Gasteiger partial charge in [0, 0.05) is 11.6 Å². The number of halogens is 1. The number of fused-ring (bicyclic) bond motifs is 1. The molecule has 3 rings (SSSR count). The molecule has 0 radical (unpaired) electrons. The number of hydrogen-bond donors (Lipinski definition) is 0. The first-order valence-corrected chi connectivity index (χ1v) is 9.47. The summed E-state index contributed by atoms with van der Waals surface area (Å²) in [4.78, 5) is 22.0. The number of aromatic nitrogens is 3. The third-order valence-corrected chi connectivity index (χ3v) is 5.02. The van der Waals surface area contributed by atoms with E-state index >= 15 is 0 Å². The SMILES string of the molecule is Cc1nc(CSc2nc3ccc(Cl)cc3c(=O)n2CC(C)C)oc1C. The van der Waals surface area contributed by atoms with Gasteiger partial charge in [-0.2, -0.15) is 0 Å². The Morgan fingerprint density at radius 3 is 2.68 bits per heavy atom. The molecule has 0 atom stereocenters. The van der Waals surface area contributed by atoms with E-state index in [0.717, 1.165) is 11.5 Å². The fraction of sp³-hybridized carbons (Fsp3) is 0.389. The molecule has 25 heavy (non-hydrogen) atoms. The highest BCUT2D eigenvalue weighted by molar-refractivity contribution is 7.98. The summed E-state index contributed by atoms with van der Waals surface area (Å²) in [6.45, 7) is 8.55. The maximum absolute atomic E-state index is 12.9. The number of aryl methyl sites for hydroxylation is 2. The summed E-state index contributed by atoms with van der Waals surface area (Å²) >= 11 is 7.51. The van der Waals surface area contributed by atoms with E-state index in [-0.39, 0.29) is 5.56 Å². The van der Waals surface area contributed by atoms with Crippen molar-refractivity contribution in [2.24, 2.45) is 5.92 Å². The second-order valence-electron chi connectivity index (χ2n) is 6.40. The molecule has 0 amide bonds. The minimum Gasteiger partial charge on any atom is -0.445 e. The van der Waals surface area contributed by atoms with Crippen molar-refractivity contribution < 1.29 is 4.42 Å². The maximum atomic E-state index is 12.9. The summed E-state index contributed by atoms with van der Waals surface area (Å²) in [6.07, 6.45) is 0. The minimum absolute atomic E-state index is 0.0662. The first kappa shape index (κ1) is 18.0. The van der Waals surface area contributed by atoms with Gasteiger partial charge in [-0.05, 0) is 38.0 Å². The molecule has 0 aliphatic rings. The lowest BCUT2D eigenvalue weighted by molar-refractivity contribution is 0.473. The fourth-order valence-electron chi connectivity index (χ4n) is 2.54. The molecule has 0 unspecified atom stereocenters. The van der Waals surface area contributed by atoms with Crippen molar-refractivity contribution in [2.45, 2.75) is 45.1 Å². The average Bonchev–Trinajstić information content (AvgIpc) is 2.87. The van der Waals surface area contributed by atoms with Crippen molar-refractivity contribution in [1.29, 1.82) is 0 Å². The molecule has 3 aromatic rings. The van der Waals surface area contributed by atoms with E-state index < -0.39 is 0 Å². The van der Waals surface area contributed by atoms with Gasteiger partial charge in [-0.25, -0.2) is 9.97 Å². The number of benzene rings is 1. The van der Waals surface area contributed by atoms with Crippen LogP contribution in [0.4, 0.5) is 0 Å². The predicted octanol–water partition coefficient (Wildman–Crippen LogP) is 4.60. The Morgan fingerprint density at radius 1 is 1.28 bits per heavy atom. The molecule has 0 saturated carbocycles. The number of oxazole rings is 1. The van der Waals surface area contributed by atoms with Crippen LogP contribution in [-0.2, 0) is 12.3 Å². The van der Waals surface area contributed by atoms with Crippen LogP contribution in [0.2, 0.25) is 5.02 Å². The maximum Gasteiger partial charge on any atom is 0.262 e. The summed E-state index contributed by atoms with van der Waals surface area (Å²) in [6, 6.07) is 5.21. The molecule has 0 fully saturated rings. The minimum atomic E-state index is -0.0662. The molecule has 0 spiro atoms. The van der Waals surface area contributed by atoms with Crippen molar-refractivity contribution >= 4 is 34.3 Å². The topological polar surface area (TPSA) is 60.9 Å². The molecule has 0 aliphatic carbocycles. The van der Waals surface area contributed by atoms with Crippen LogP contribution in [0.25, 0.3) is 10.9 Å². The average molecular weight is 378 g/mol. The number of nitrogens with zero attached hydrogens (tertiary/aromatic N) is 3. The lowest BCUT2D eigenvalue weighted by Crippen LogP contribution is -2.25. The molecule has 2 aromatic heterocycles. The Morgan fingerprint density at radius 2 is 2.04 bits per heavy atom. The highest BCUT2D eigenvalue weighted by atomic mass is 35.5. The first-order valence-electron chi connectivity index (χ1n) is 8.11. The van der Waals surface area contributed by atoms with Crippen LogP contribution in [0.5, 0.6) is 0 Å². The third kappa shape index (κ3) is 3.90. The second kappa shape index (κ2) is 7.22. The van der Waals surface area contributed by atoms with Crippen LogP contribution in [-0.4, -0.2) is 14.5 Å². The molecule has 5 nitrogen and oxygen atoms in total. The van der Waals surface area contributed by atoms with Crippen LogP contribution in [0, 0.1) is 19.8 Å². The van der Waals surface area contributed by atoms with Gasteiger partial charge < -0.3 is 4.42 Å². The fourth-order valence-corrected chi connectivity index (χ4v) is 3.56. The molecule has 0 saturated heterocycles. The molecular formula is C18H20ClN3O2S. The number of thioether (sulfide) groups is 1. The van der Waals surface area contributed by atoms with Crippen LogP contribution in [0.1, 0.15) is 31.2 Å². The molecule has 0 aliphatic heterocycles. The van der Waals surface area contributed by atoms with Gasteiger partial charge in [-0.3, -0.25) is 9.36 Å². The summed E-state index contributed by atoms with van der Waals surface area (Å²) in [5, 5.41) is 1.75. The summed E-state index contributed by atoms with van der Waals surface area (Å²) in [5.41, 5.74) is 1.47. The molecule has 0 N–H and O–H groups in total. The van der Waals surface area contributed by atoms with E-state index in [1.807, 2.05) is 13.8 Å². The van der Waals surface area contributed by atoms with E-state index in [2.05, 4.69) is 23.8 Å². The smallest absolute Gasteiger partial charge is 0.262 e. The van der Waals surface area contributed by atoms with Crippen molar-refractivity contribution in [3.63, 3.8) is 0 Å². The van der Waals surface area contributed by atoms with Gasteiger partial charge in [-0.15, -0.1) is 0 Å².